The highest BCUT2D eigenvalue weighted by molar-refractivity contribution is 9.10. The second-order valence-corrected chi connectivity index (χ2v) is 4.69. The van der Waals surface area contributed by atoms with Crippen LogP contribution in [0.2, 0.25) is 0 Å². The van der Waals surface area contributed by atoms with E-state index in [1.165, 1.54) is 12.3 Å². The molecule has 2 aromatic rings. The number of aromatic nitrogens is 1. The molecule has 0 bridgehead atoms. The molecule has 1 atom stereocenters. The fourth-order valence-electron chi connectivity index (χ4n) is 1.67. The second-order valence-electron chi connectivity index (χ2n) is 3.83. The highest BCUT2D eigenvalue weighted by atomic mass is 79.9. The Bertz CT molecular complexity index is 524. The van der Waals surface area contributed by atoms with Gasteiger partial charge in [0.1, 0.15) is 11.9 Å². The minimum atomic E-state index is -1.02. The van der Waals surface area contributed by atoms with Crippen molar-refractivity contribution in [2.75, 3.05) is 0 Å². The Balaban J connectivity index is 2.47. The number of benzene rings is 1. The molecule has 1 aromatic carbocycles. The standard InChI is InChI=1S/C13H11BrFNO/c1-8-5-9(7-16-6-8)13(17)12-10(14)3-2-4-11(12)15/h2-7,13,17H,1H3. The van der Waals surface area contributed by atoms with Gasteiger partial charge in [0.15, 0.2) is 0 Å². The van der Waals surface area contributed by atoms with Gasteiger partial charge in [-0.1, -0.05) is 28.1 Å². The Kier molecular flexibility index (Phi) is 3.54. The van der Waals surface area contributed by atoms with E-state index >= 15 is 0 Å². The molecule has 88 valence electrons. The molecule has 2 rings (SSSR count). The highest BCUT2D eigenvalue weighted by Crippen LogP contribution is 2.30. The molecule has 0 radical (unpaired) electrons. The van der Waals surface area contributed by atoms with Gasteiger partial charge in [0.05, 0.1) is 0 Å². The van der Waals surface area contributed by atoms with Crippen molar-refractivity contribution >= 4 is 15.9 Å². The largest absolute Gasteiger partial charge is 0.383 e. The molecule has 1 unspecified atom stereocenters. The summed E-state index contributed by atoms with van der Waals surface area (Å²) in [5.74, 6) is -0.437. The van der Waals surface area contributed by atoms with E-state index in [9.17, 15) is 9.50 Å². The summed E-state index contributed by atoms with van der Waals surface area (Å²) in [4.78, 5) is 3.99. The molecule has 0 saturated carbocycles. The molecule has 0 aliphatic rings. The van der Waals surface area contributed by atoms with Crippen molar-refractivity contribution in [3.63, 3.8) is 0 Å². The van der Waals surface area contributed by atoms with Crippen LogP contribution in [0.4, 0.5) is 4.39 Å². The lowest BCUT2D eigenvalue weighted by molar-refractivity contribution is 0.213. The lowest BCUT2D eigenvalue weighted by Crippen LogP contribution is -2.04. The highest BCUT2D eigenvalue weighted by Gasteiger charge is 2.18. The summed E-state index contributed by atoms with van der Waals surface area (Å²) >= 11 is 3.24. The van der Waals surface area contributed by atoms with E-state index in [1.54, 1.807) is 24.4 Å². The number of aliphatic hydroxyl groups excluding tert-OH is 1. The summed E-state index contributed by atoms with van der Waals surface area (Å²) in [5, 5.41) is 10.2. The monoisotopic (exact) mass is 295 g/mol. The van der Waals surface area contributed by atoms with Crippen molar-refractivity contribution in [1.82, 2.24) is 4.98 Å². The number of hydrogen-bond acceptors (Lipinski definition) is 2. The molecular formula is C13H11BrFNO. The van der Waals surface area contributed by atoms with Crippen LogP contribution in [0.15, 0.2) is 41.1 Å². The summed E-state index contributed by atoms with van der Waals surface area (Å²) in [7, 11) is 0. The van der Waals surface area contributed by atoms with E-state index in [-0.39, 0.29) is 5.56 Å². The quantitative estimate of drug-likeness (QED) is 0.921. The van der Waals surface area contributed by atoms with E-state index in [0.717, 1.165) is 5.56 Å². The van der Waals surface area contributed by atoms with E-state index < -0.39 is 11.9 Å². The third-order valence-electron chi connectivity index (χ3n) is 2.48. The molecule has 17 heavy (non-hydrogen) atoms. The lowest BCUT2D eigenvalue weighted by atomic mass is 10.0. The number of pyridine rings is 1. The Hall–Kier alpha value is -1.26. The summed E-state index contributed by atoms with van der Waals surface area (Å²) in [5.41, 5.74) is 1.74. The Morgan fingerprint density at radius 1 is 1.35 bits per heavy atom. The zero-order valence-corrected chi connectivity index (χ0v) is 10.8. The molecule has 2 nitrogen and oxygen atoms in total. The molecule has 1 N–H and O–H groups in total. The smallest absolute Gasteiger partial charge is 0.130 e. The predicted octanol–water partition coefficient (Wildman–Crippen LogP) is 3.37. The zero-order chi connectivity index (χ0) is 12.4. The summed E-state index contributed by atoms with van der Waals surface area (Å²) in [6, 6.07) is 6.40. The summed E-state index contributed by atoms with van der Waals surface area (Å²) in [6.07, 6.45) is 2.21. The van der Waals surface area contributed by atoms with Crippen molar-refractivity contribution in [2.45, 2.75) is 13.0 Å². The van der Waals surface area contributed by atoms with Gasteiger partial charge in [-0.3, -0.25) is 4.98 Å². The molecular weight excluding hydrogens is 285 g/mol. The Morgan fingerprint density at radius 3 is 2.76 bits per heavy atom. The van der Waals surface area contributed by atoms with Gasteiger partial charge in [-0.25, -0.2) is 4.39 Å². The van der Waals surface area contributed by atoms with Gasteiger partial charge in [-0.05, 0) is 24.6 Å². The average Bonchev–Trinajstić information content (AvgIpc) is 2.28. The Morgan fingerprint density at radius 2 is 2.12 bits per heavy atom. The SMILES string of the molecule is Cc1cncc(C(O)c2c(F)cccc2Br)c1. The lowest BCUT2D eigenvalue weighted by Gasteiger charge is -2.14. The zero-order valence-electron chi connectivity index (χ0n) is 9.19. The summed E-state index contributed by atoms with van der Waals surface area (Å²) in [6.45, 7) is 1.87. The first-order valence-corrected chi connectivity index (χ1v) is 5.92. The van der Waals surface area contributed by atoms with Gasteiger partial charge >= 0.3 is 0 Å². The molecule has 1 aromatic heterocycles. The van der Waals surface area contributed by atoms with Crippen LogP contribution in [-0.4, -0.2) is 10.1 Å². The molecule has 0 spiro atoms. The van der Waals surface area contributed by atoms with Crippen molar-refractivity contribution in [2.24, 2.45) is 0 Å². The third-order valence-corrected chi connectivity index (χ3v) is 3.18. The average molecular weight is 296 g/mol. The van der Waals surface area contributed by atoms with Gasteiger partial charge in [0.25, 0.3) is 0 Å². The molecule has 0 aliphatic carbocycles. The first kappa shape index (κ1) is 12.2. The fraction of sp³-hybridized carbons (Fsp3) is 0.154. The van der Waals surface area contributed by atoms with Crippen molar-refractivity contribution in [3.8, 4) is 0 Å². The van der Waals surface area contributed by atoms with Gasteiger partial charge < -0.3 is 5.11 Å². The number of rotatable bonds is 2. The molecule has 0 aliphatic heterocycles. The number of aryl methyl sites for hydroxylation is 1. The van der Waals surface area contributed by atoms with E-state index in [2.05, 4.69) is 20.9 Å². The van der Waals surface area contributed by atoms with Crippen molar-refractivity contribution in [3.05, 3.63) is 63.6 Å². The van der Waals surface area contributed by atoms with Crippen LogP contribution in [0.25, 0.3) is 0 Å². The molecule has 0 fully saturated rings. The normalized spacial score (nSPS) is 12.5. The van der Waals surface area contributed by atoms with Crippen LogP contribution in [0.5, 0.6) is 0 Å². The maximum absolute atomic E-state index is 13.7. The minimum Gasteiger partial charge on any atom is -0.383 e. The van der Waals surface area contributed by atoms with Crippen LogP contribution >= 0.6 is 15.9 Å². The molecule has 4 heteroatoms. The van der Waals surface area contributed by atoms with Gasteiger partial charge in [-0.15, -0.1) is 0 Å². The second kappa shape index (κ2) is 4.94. The first-order valence-electron chi connectivity index (χ1n) is 5.13. The van der Waals surface area contributed by atoms with Gasteiger partial charge in [-0.2, -0.15) is 0 Å². The molecule has 0 amide bonds. The third kappa shape index (κ3) is 2.53. The van der Waals surface area contributed by atoms with Crippen LogP contribution in [0.1, 0.15) is 22.8 Å². The number of hydrogen-bond donors (Lipinski definition) is 1. The van der Waals surface area contributed by atoms with E-state index in [4.69, 9.17) is 0 Å². The van der Waals surface area contributed by atoms with Crippen molar-refractivity contribution in [1.29, 1.82) is 0 Å². The van der Waals surface area contributed by atoms with Gasteiger partial charge in [0.2, 0.25) is 0 Å². The van der Waals surface area contributed by atoms with Crippen LogP contribution in [0, 0.1) is 12.7 Å². The van der Waals surface area contributed by atoms with E-state index in [1.807, 2.05) is 6.92 Å². The first-order chi connectivity index (χ1) is 8.09. The fourth-order valence-corrected chi connectivity index (χ4v) is 2.23. The molecule has 1 heterocycles. The van der Waals surface area contributed by atoms with Crippen LogP contribution in [-0.2, 0) is 0 Å². The van der Waals surface area contributed by atoms with Crippen LogP contribution < -0.4 is 0 Å². The maximum atomic E-state index is 13.7. The van der Waals surface area contributed by atoms with Crippen LogP contribution in [0.3, 0.4) is 0 Å². The summed E-state index contributed by atoms with van der Waals surface area (Å²) < 4.78 is 14.2. The van der Waals surface area contributed by atoms with E-state index in [0.29, 0.717) is 10.0 Å². The topological polar surface area (TPSA) is 33.1 Å². The maximum Gasteiger partial charge on any atom is 0.130 e. The number of aliphatic hydroxyl groups is 1. The number of halogens is 2. The number of nitrogens with zero attached hydrogens (tertiary/aromatic N) is 1. The molecule has 0 saturated heterocycles. The Labute approximate surface area is 107 Å². The minimum absolute atomic E-state index is 0.236. The predicted molar refractivity (Wildman–Crippen MR) is 67.1 cm³/mol. The van der Waals surface area contributed by atoms with Gasteiger partial charge in [0, 0.05) is 28.0 Å². The van der Waals surface area contributed by atoms with Crippen molar-refractivity contribution < 1.29 is 9.50 Å².